The Bertz CT molecular complexity index is 204. The van der Waals surface area contributed by atoms with Crippen molar-refractivity contribution in [2.75, 3.05) is 25.2 Å². The van der Waals surface area contributed by atoms with Crippen LogP contribution in [0.5, 0.6) is 0 Å². The fraction of sp³-hybridized carbons (Fsp3) is 1.00. The van der Waals surface area contributed by atoms with Gasteiger partial charge in [0.15, 0.2) is 6.29 Å². The van der Waals surface area contributed by atoms with Crippen LogP contribution >= 0.6 is 11.8 Å². The Kier molecular flexibility index (Phi) is 4.15. The van der Waals surface area contributed by atoms with Crippen molar-refractivity contribution in [1.29, 1.82) is 0 Å². The van der Waals surface area contributed by atoms with Gasteiger partial charge in [-0.15, -0.1) is 0 Å². The van der Waals surface area contributed by atoms with Crippen molar-refractivity contribution in [1.82, 2.24) is 0 Å². The summed E-state index contributed by atoms with van der Waals surface area (Å²) < 4.78 is 10.6. The van der Waals surface area contributed by atoms with Gasteiger partial charge in [0.2, 0.25) is 0 Å². The van der Waals surface area contributed by atoms with Gasteiger partial charge in [0.25, 0.3) is 5.54 Å². The molecular formula is C8H15NO4S. The van der Waals surface area contributed by atoms with Crippen LogP contribution in [-0.4, -0.2) is 42.0 Å². The van der Waals surface area contributed by atoms with Crippen LogP contribution in [0.15, 0.2) is 0 Å². The Hall–Kier alpha value is -0.330. The smallest absolute Gasteiger partial charge is 0.265 e. The Morgan fingerprint density at radius 2 is 2.14 bits per heavy atom. The van der Waals surface area contributed by atoms with Gasteiger partial charge in [0, 0.05) is 18.3 Å². The summed E-state index contributed by atoms with van der Waals surface area (Å²) in [4.78, 5) is 10.3. The lowest BCUT2D eigenvalue weighted by atomic mass is 10.1. The predicted octanol–water partition coefficient (Wildman–Crippen LogP) is 1.15. The highest BCUT2D eigenvalue weighted by Crippen LogP contribution is 2.20. The molecule has 0 N–H and O–H groups in total. The molecule has 0 spiro atoms. The van der Waals surface area contributed by atoms with Crippen molar-refractivity contribution < 1.29 is 14.4 Å². The summed E-state index contributed by atoms with van der Waals surface area (Å²) in [7, 11) is 0. The van der Waals surface area contributed by atoms with E-state index in [9.17, 15) is 10.1 Å². The monoisotopic (exact) mass is 221 g/mol. The van der Waals surface area contributed by atoms with Crippen LogP contribution in [0.4, 0.5) is 0 Å². The van der Waals surface area contributed by atoms with Gasteiger partial charge in [-0.3, -0.25) is 10.1 Å². The van der Waals surface area contributed by atoms with Gasteiger partial charge in [-0.05, 0) is 12.0 Å². The first-order chi connectivity index (χ1) is 6.58. The molecule has 1 saturated heterocycles. The largest absolute Gasteiger partial charge is 0.345 e. The minimum Gasteiger partial charge on any atom is -0.345 e. The first kappa shape index (κ1) is 11.7. The third kappa shape index (κ3) is 2.83. The van der Waals surface area contributed by atoms with E-state index < -0.39 is 5.54 Å². The molecule has 82 valence electrons. The second-order valence-corrected chi connectivity index (χ2v) is 4.57. The van der Waals surface area contributed by atoms with E-state index in [0.29, 0.717) is 0 Å². The van der Waals surface area contributed by atoms with Crippen molar-refractivity contribution in [3.8, 4) is 0 Å². The third-order valence-electron chi connectivity index (χ3n) is 2.16. The maximum Gasteiger partial charge on any atom is 0.265 e. The molecule has 0 unspecified atom stereocenters. The minimum absolute atomic E-state index is 0.138. The molecule has 0 radical (unpaired) electrons. The molecule has 0 amide bonds. The maximum absolute atomic E-state index is 10.6. The molecule has 5 nitrogen and oxygen atoms in total. The Balaban J connectivity index is 2.34. The molecule has 1 heterocycles. The van der Waals surface area contributed by atoms with Crippen LogP contribution in [0, 0.1) is 10.1 Å². The van der Waals surface area contributed by atoms with Crippen LogP contribution in [-0.2, 0) is 9.47 Å². The topological polar surface area (TPSA) is 61.6 Å². The van der Waals surface area contributed by atoms with E-state index in [2.05, 4.69) is 0 Å². The van der Waals surface area contributed by atoms with E-state index in [-0.39, 0.29) is 24.4 Å². The summed E-state index contributed by atoms with van der Waals surface area (Å²) in [5, 5.41) is 10.6. The van der Waals surface area contributed by atoms with E-state index in [1.165, 1.54) is 6.92 Å². The molecule has 0 aromatic carbocycles. The lowest BCUT2D eigenvalue weighted by molar-refractivity contribution is -0.586. The zero-order chi connectivity index (χ0) is 10.6. The summed E-state index contributed by atoms with van der Waals surface area (Å²) in [6.07, 6.45) is 2.52. The highest BCUT2D eigenvalue weighted by Gasteiger charge is 2.43. The Morgan fingerprint density at radius 1 is 1.57 bits per heavy atom. The molecule has 1 aliphatic heterocycles. The number of nitrogens with zero attached hydrogens (tertiary/aromatic N) is 1. The van der Waals surface area contributed by atoms with Crippen molar-refractivity contribution >= 4 is 11.8 Å². The molecule has 1 aliphatic rings. The number of ether oxygens (including phenoxy) is 2. The average molecular weight is 221 g/mol. The molecule has 6 heteroatoms. The molecule has 1 rings (SSSR count). The average Bonchev–Trinajstić information content (AvgIpc) is 2.17. The first-order valence-electron chi connectivity index (χ1n) is 4.45. The minimum atomic E-state index is -1.07. The van der Waals surface area contributed by atoms with Crippen LogP contribution in [0.3, 0.4) is 0 Å². The van der Waals surface area contributed by atoms with Gasteiger partial charge in [0.05, 0.1) is 0 Å². The molecule has 1 fully saturated rings. The number of hydrogen-bond donors (Lipinski definition) is 0. The van der Waals surface area contributed by atoms with Crippen molar-refractivity contribution in [3.63, 3.8) is 0 Å². The zero-order valence-electron chi connectivity index (χ0n) is 8.39. The van der Waals surface area contributed by atoms with Crippen molar-refractivity contribution in [2.24, 2.45) is 0 Å². The quantitative estimate of drug-likeness (QED) is 0.526. The summed E-state index contributed by atoms with van der Waals surface area (Å²) in [6, 6.07) is 0. The van der Waals surface area contributed by atoms with Gasteiger partial charge in [0.1, 0.15) is 13.2 Å². The number of rotatable bonds is 4. The fourth-order valence-electron chi connectivity index (χ4n) is 1.12. The lowest BCUT2D eigenvalue weighted by Gasteiger charge is -2.31. The Morgan fingerprint density at radius 3 is 2.57 bits per heavy atom. The van der Waals surface area contributed by atoms with Gasteiger partial charge in [-0.25, -0.2) is 0 Å². The van der Waals surface area contributed by atoms with Crippen LogP contribution in [0.2, 0.25) is 0 Å². The van der Waals surface area contributed by atoms with Crippen molar-refractivity contribution in [3.05, 3.63) is 10.1 Å². The van der Waals surface area contributed by atoms with Crippen LogP contribution in [0.1, 0.15) is 13.3 Å². The molecule has 0 bridgehead atoms. The molecule has 0 saturated carbocycles. The maximum atomic E-state index is 10.6. The molecule has 14 heavy (non-hydrogen) atoms. The summed E-state index contributed by atoms with van der Waals surface area (Å²) >= 11 is 1.71. The van der Waals surface area contributed by atoms with E-state index in [1.807, 2.05) is 6.26 Å². The second kappa shape index (κ2) is 4.95. The highest BCUT2D eigenvalue weighted by atomic mass is 32.2. The SMILES string of the molecule is CSCCC1OCC(C)([N+](=O)[O-])CO1. The number of hydrogen-bond acceptors (Lipinski definition) is 5. The van der Waals surface area contributed by atoms with Crippen LogP contribution < -0.4 is 0 Å². The standard InChI is InChI=1S/C8H15NO4S/c1-8(9(10)11)5-12-7(13-6-8)3-4-14-2/h7H,3-6H2,1-2H3. The summed E-state index contributed by atoms with van der Waals surface area (Å²) in [5.74, 6) is 0.944. The predicted molar refractivity (Wildman–Crippen MR) is 54.1 cm³/mol. The van der Waals surface area contributed by atoms with E-state index in [0.717, 1.165) is 12.2 Å². The van der Waals surface area contributed by atoms with Gasteiger partial charge in [-0.1, -0.05) is 0 Å². The van der Waals surface area contributed by atoms with E-state index in [4.69, 9.17) is 9.47 Å². The first-order valence-corrected chi connectivity index (χ1v) is 5.84. The fourth-order valence-corrected chi connectivity index (χ4v) is 1.55. The third-order valence-corrected chi connectivity index (χ3v) is 2.80. The van der Waals surface area contributed by atoms with E-state index >= 15 is 0 Å². The normalized spacial score (nSPS) is 32.9. The molecule has 0 aromatic rings. The number of nitro groups is 1. The molecule has 0 aliphatic carbocycles. The highest BCUT2D eigenvalue weighted by molar-refractivity contribution is 7.98. The summed E-state index contributed by atoms with van der Waals surface area (Å²) in [5.41, 5.74) is -1.07. The molecular weight excluding hydrogens is 206 g/mol. The molecule has 0 atom stereocenters. The van der Waals surface area contributed by atoms with E-state index in [1.54, 1.807) is 11.8 Å². The number of thioether (sulfide) groups is 1. The van der Waals surface area contributed by atoms with Crippen molar-refractivity contribution in [2.45, 2.75) is 25.2 Å². The van der Waals surface area contributed by atoms with Gasteiger partial charge in [-0.2, -0.15) is 11.8 Å². The Labute approximate surface area is 87.3 Å². The van der Waals surface area contributed by atoms with Gasteiger partial charge >= 0.3 is 0 Å². The second-order valence-electron chi connectivity index (χ2n) is 3.59. The van der Waals surface area contributed by atoms with Gasteiger partial charge < -0.3 is 9.47 Å². The molecule has 0 aromatic heterocycles. The zero-order valence-corrected chi connectivity index (χ0v) is 9.21. The summed E-state index contributed by atoms with van der Waals surface area (Å²) in [6.45, 7) is 1.82. The lowest BCUT2D eigenvalue weighted by Crippen LogP contribution is -2.50. The van der Waals surface area contributed by atoms with Crippen LogP contribution in [0.25, 0.3) is 0 Å².